The fraction of sp³-hybridized carbons (Fsp3) is 0.538. The Morgan fingerprint density at radius 1 is 1.35 bits per heavy atom. The highest BCUT2D eigenvalue weighted by Crippen LogP contribution is 2.21. The molecule has 4 heteroatoms. The first-order chi connectivity index (χ1) is 8.25. The molecule has 1 atom stereocenters. The van der Waals surface area contributed by atoms with Crippen LogP contribution in [0.4, 0.5) is 0 Å². The second-order valence-corrected chi connectivity index (χ2v) is 5.52. The van der Waals surface area contributed by atoms with Crippen molar-refractivity contribution in [1.82, 2.24) is 5.32 Å². The summed E-state index contributed by atoms with van der Waals surface area (Å²) < 4.78 is 0. The van der Waals surface area contributed by atoms with Crippen LogP contribution in [-0.4, -0.2) is 29.8 Å². The molecule has 0 amide bonds. The van der Waals surface area contributed by atoms with Crippen LogP contribution >= 0.6 is 23.4 Å². The lowest BCUT2D eigenvalue weighted by atomic mass is 10.1. The molecule has 0 heterocycles. The van der Waals surface area contributed by atoms with Gasteiger partial charge in [0.05, 0.1) is 0 Å². The summed E-state index contributed by atoms with van der Waals surface area (Å²) in [6.07, 6.45) is 0.880. The SMILES string of the molecule is CC(NCCSCCCO)c1ccccc1Cl. The average molecular weight is 274 g/mol. The summed E-state index contributed by atoms with van der Waals surface area (Å²) in [5.41, 5.74) is 1.15. The van der Waals surface area contributed by atoms with Crippen molar-refractivity contribution in [3.8, 4) is 0 Å². The number of thioether (sulfide) groups is 1. The Hall–Kier alpha value is -0.220. The van der Waals surface area contributed by atoms with Gasteiger partial charge in [-0.1, -0.05) is 29.8 Å². The van der Waals surface area contributed by atoms with Crippen LogP contribution in [0.15, 0.2) is 24.3 Å². The summed E-state index contributed by atoms with van der Waals surface area (Å²) >= 11 is 7.99. The van der Waals surface area contributed by atoms with E-state index >= 15 is 0 Å². The van der Waals surface area contributed by atoms with Gasteiger partial charge >= 0.3 is 0 Å². The molecule has 0 aliphatic carbocycles. The predicted octanol–water partition coefficient (Wildman–Crippen LogP) is 3.11. The molecule has 0 fully saturated rings. The molecule has 17 heavy (non-hydrogen) atoms. The molecule has 1 aromatic rings. The summed E-state index contributed by atoms with van der Waals surface area (Å²) in [6, 6.07) is 8.21. The van der Waals surface area contributed by atoms with Crippen molar-refractivity contribution >= 4 is 23.4 Å². The van der Waals surface area contributed by atoms with Gasteiger partial charge in [0, 0.05) is 30.0 Å². The largest absolute Gasteiger partial charge is 0.396 e. The van der Waals surface area contributed by atoms with Crippen molar-refractivity contribution in [1.29, 1.82) is 0 Å². The molecule has 0 aliphatic rings. The lowest BCUT2D eigenvalue weighted by Gasteiger charge is -2.15. The van der Waals surface area contributed by atoms with E-state index in [1.807, 2.05) is 30.0 Å². The third-order valence-corrected chi connectivity index (χ3v) is 3.93. The van der Waals surface area contributed by atoms with E-state index in [0.29, 0.717) is 0 Å². The van der Waals surface area contributed by atoms with E-state index in [1.165, 1.54) is 0 Å². The Balaban J connectivity index is 2.21. The number of aliphatic hydroxyl groups excluding tert-OH is 1. The van der Waals surface area contributed by atoms with Crippen molar-refractivity contribution in [2.45, 2.75) is 19.4 Å². The summed E-state index contributed by atoms with van der Waals surface area (Å²) in [4.78, 5) is 0. The number of nitrogens with one attached hydrogen (secondary N) is 1. The Kier molecular flexibility index (Phi) is 7.69. The topological polar surface area (TPSA) is 32.3 Å². The van der Waals surface area contributed by atoms with E-state index in [2.05, 4.69) is 18.3 Å². The molecule has 0 spiro atoms. The second-order valence-electron chi connectivity index (χ2n) is 3.89. The molecule has 0 radical (unpaired) electrons. The third-order valence-electron chi connectivity index (χ3n) is 2.52. The highest BCUT2D eigenvalue weighted by molar-refractivity contribution is 7.99. The van der Waals surface area contributed by atoms with Crippen LogP contribution in [-0.2, 0) is 0 Å². The van der Waals surface area contributed by atoms with Crippen LogP contribution in [0.5, 0.6) is 0 Å². The maximum Gasteiger partial charge on any atom is 0.0453 e. The van der Waals surface area contributed by atoms with Gasteiger partial charge in [-0.3, -0.25) is 0 Å². The van der Waals surface area contributed by atoms with Crippen molar-refractivity contribution in [2.75, 3.05) is 24.7 Å². The molecule has 0 saturated heterocycles. The lowest BCUT2D eigenvalue weighted by molar-refractivity contribution is 0.296. The summed E-state index contributed by atoms with van der Waals surface area (Å²) in [6.45, 7) is 3.37. The zero-order valence-electron chi connectivity index (χ0n) is 10.2. The molecular formula is C13H20ClNOS. The summed E-state index contributed by atoms with van der Waals surface area (Å²) in [5, 5.41) is 12.9. The van der Waals surface area contributed by atoms with E-state index in [-0.39, 0.29) is 12.6 Å². The van der Waals surface area contributed by atoms with Crippen molar-refractivity contribution in [2.24, 2.45) is 0 Å². The minimum atomic E-state index is 0.280. The Morgan fingerprint density at radius 2 is 2.12 bits per heavy atom. The van der Waals surface area contributed by atoms with E-state index in [4.69, 9.17) is 16.7 Å². The Labute approximate surface area is 113 Å². The molecule has 0 saturated carbocycles. The van der Waals surface area contributed by atoms with Crippen molar-refractivity contribution in [3.05, 3.63) is 34.9 Å². The molecule has 96 valence electrons. The minimum Gasteiger partial charge on any atom is -0.396 e. The van der Waals surface area contributed by atoms with Crippen LogP contribution in [0.2, 0.25) is 5.02 Å². The highest BCUT2D eigenvalue weighted by Gasteiger charge is 2.07. The zero-order chi connectivity index (χ0) is 12.5. The first kappa shape index (κ1) is 14.8. The predicted molar refractivity (Wildman–Crippen MR) is 76.9 cm³/mol. The van der Waals surface area contributed by atoms with Gasteiger partial charge in [0.2, 0.25) is 0 Å². The molecule has 2 nitrogen and oxygen atoms in total. The van der Waals surface area contributed by atoms with Crippen molar-refractivity contribution in [3.63, 3.8) is 0 Å². The maximum atomic E-state index is 8.65. The number of hydrogen-bond donors (Lipinski definition) is 2. The van der Waals surface area contributed by atoms with Crippen LogP contribution in [0.1, 0.15) is 24.9 Å². The maximum absolute atomic E-state index is 8.65. The van der Waals surface area contributed by atoms with Gasteiger partial charge in [0.1, 0.15) is 0 Å². The van der Waals surface area contributed by atoms with Gasteiger partial charge in [-0.2, -0.15) is 11.8 Å². The van der Waals surface area contributed by atoms with Crippen LogP contribution in [0.3, 0.4) is 0 Å². The normalized spacial score (nSPS) is 12.6. The smallest absolute Gasteiger partial charge is 0.0453 e. The van der Waals surface area contributed by atoms with Crippen LogP contribution in [0.25, 0.3) is 0 Å². The van der Waals surface area contributed by atoms with Gasteiger partial charge in [0.25, 0.3) is 0 Å². The van der Waals surface area contributed by atoms with E-state index in [0.717, 1.165) is 35.1 Å². The Bertz CT molecular complexity index is 322. The van der Waals surface area contributed by atoms with Gasteiger partial charge in [0.15, 0.2) is 0 Å². The van der Waals surface area contributed by atoms with Gasteiger partial charge in [-0.15, -0.1) is 0 Å². The number of hydrogen-bond acceptors (Lipinski definition) is 3. The molecule has 1 aromatic carbocycles. The minimum absolute atomic E-state index is 0.280. The van der Waals surface area contributed by atoms with Crippen molar-refractivity contribution < 1.29 is 5.11 Å². The van der Waals surface area contributed by atoms with E-state index in [9.17, 15) is 0 Å². The number of halogens is 1. The monoisotopic (exact) mass is 273 g/mol. The number of rotatable bonds is 8. The molecular weight excluding hydrogens is 254 g/mol. The lowest BCUT2D eigenvalue weighted by Crippen LogP contribution is -2.21. The summed E-state index contributed by atoms with van der Waals surface area (Å²) in [7, 11) is 0. The van der Waals surface area contributed by atoms with E-state index in [1.54, 1.807) is 0 Å². The first-order valence-electron chi connectivity index (χ1n) is 5.92. The fourth-order valence-electron chi connectivity index (χ4n) is 1.55. The molecule has 2 N–H and O–H groups in total. The molecule has 1 unspecified atom stereocenters. The molecule has 0 bridgehead atoms. The number of aliphatic hydroxyl groups is 1. The molecule has 0 aliphatic heterocycles. The van der Waals surface area contributed by atoms with Gasteiger partial charge in [-0.25, -0.2) is 0 Å². The van der Waals surface area contributed by atoms with Gasteiger partial charge in [-0.05, 0) is 30.7 Å². The summed E-state index contributed by atoms with van der Waals surface area (Å²) in [5.74, 6) is 2.09. The second kappa shape index (κ2) is 8.81. The quantitative estimate of drug-likeness (QED) is 0.714. The molecule has 1 rings (SSSR count). The van der Waals surface area contributed by atoms with Gasteiger partial charge < -0.3 is 10.4 Å². The first-order valence-corrected chi connectivity index (χ1v) is 7.45. The van der Waals surface area contributed by atoms with E-state index < -0.39 is 0 Å². The standard InChI is InChI=1S/C13H20ClNOS/c1-11(12-5-2-3-6-13(12)14)15-7-10-17-9-4-8-16/h2-3,5-6,11,15-16H,4,7-10H2,1H3. The third kappa shape index (κ3) is 5.77. The van der Waals surface area contributed by atoms with Crippen LogP contribution < -0.4 is 5.32 Å². The Morgan fingerprint density at radius 3 is 2.82 bits per heavy atom. The fourth-order valence-corrected chi connectivity index (χ4v) is 2.65. The molecule has 0 aromatic heterocycles. The zero-order valence-corrected chi connectivity index (χ0v) is 11.7. The highest BCUT2D eigenvalue weighted by atomic mass is 35.5. The van der Waals surface area contributed by atoms with Crippen LogP contribution in [0, 0.1) is 0 Å². The number of benzene rings is 1. The average Bonchev–Trinajstić information content (AvgIpc) is 2.34.